The van der Waals surface area contributed by atoms with Gasteiger partial charge in [0, 0.05) is 7.05 Å². The molecule has 0 radical (unpaired) electrons. The number of halogens is 1. The Morgan fingerprint density at radius 2 is 2.00 bits per heavy atom. The van der Waals surface area contributed by atoms with Crippen LogP contribution < -0.4 is 10.2 Å². The van der Waals surface area contributed by atoms with Gasteiger partial charge in [-0.2, -0.15) is 5.10 Å². The van der Waals surface area contributed by atoms with E-state index in [0.29, 0.717) is 5.56 Å². The van der Waals surface area contributed by atoms with Gasteiger partial charge in [-0.15, -0.1) is 0 Å². The van der Waals surface area contributed by atoms with Crippen LogP contribution in [-0.2, 0) is 11.8 Å². The number of aryl methyl sites for hydroxylation is 1. The molecule has 2 aromatic carbocycles. The first-order valence-electron chi connectivity index (χ1n) is 7.26. The number of thiazole rings is 1. The topological polar surface area (TPSA) is 58.8 Å². The third-order valence-corrected chi connectivity index (χ3v) is 4.50. The molecule has 0 bridgehead atoms. The number of nitrogens with zero attached hydrogens (tertiary/aromatic N) is 3. The first-order valence-corrected chi connectivity index (χ1v) is 8.07. The molecular formula is C17H15FN4OS. The zero-order chi connectivity index (χ0) is 16.9. The molecule has 0 atom stereocenters. The highest BCUT2D eigenvalue weighted by Crippen LogP contribution is 2.14. The molecular weight excluding hydrogens is 327 g/mol. The number of hydrogen-bond acceptors (Lipinski definition) is 4. The molecule has 0 fully saturated rings. The van der Waals surface area contributed by atoms with Crippen LogP contribution in [0.2, 0.25) is 0 Å². The average molecular weight is 342 g/mol. The maximum absolute atomic E-state index is 12.8. The smallest absolute Gasteiger partial charge is 0.261 e. The Bertz CT molecular complexity index is 957. The van der Waals surface area contributed by atoms with Crippen molar-refractivity contribution in [3.05, 3.63) is 64.7 Å². The summed E-state index contributed by atoms with van der Waals surface area (Å²) in [6, 6.07) is 13.8. The van der Waals surface area contributed by atoms with Crippen molar-refractivity contribution in [2.75, 3.05) is 6.54 Å². The number of fused-ring (bicyclic) bond motifs is 1. The van der Waals surface area contributed by atoms with E-state index in [1.165, 1.54) is 29.7 Å². The molecule has 0 saturated heterocycles. The number of benzene rings is 2. The van der Waals surface area contributed by atoms with E-state index in [1.54, 1.807) is 12.1 Å². The molecule has 122 valence electrons. The molecule has 0 aliphatic heterocycles. The zero-order valence-corrected chi connectivity index (χ0v) is 13.8. The lowest BCUT2D eigenvalue weighted by molar-refractivity contribution is -0.119. The van der Waals surface area contributed by atoms with E-state index in [1.807, 2.05) is 35.9 Å². The van der Waals surface area contributed by atoms with Gasteiger partial charge in [0.25, 0.3) is 5.91 Å². The molecule has 1 N–H and O–H groups in total. The molecule has 0 unspecified atom stereocenters. The molecule has 0 saturated carbocycles. The minimum Gasteiger partial charge on any atom is -0.320 e. The summed E-state index contributed by atoms with van der Waals surface area (Å²) in [6.45, 7) is -0.0125. The highest BCUT2D eigenvalue weighted by Gasteiger charge is 2.02. The van der Waals surface area contributed by atoms with Crippen molar-refractivity contribution in [3.63, 3.8) is 0 Å². The fourth-order valence-corrected chi connectivity index (χ4v) is 3.15. The molecule has 3 aromatic rings. The van der Waals surface area contributed by atoms with Crippen LogP contribution in [0.3, 0.4) is 0 Å². The molecule has 5 nitrogen and oxygen atoms in total. The van der Waals surface area contributed by atoms with Gasteiger partial charge in [-0.05, 0) is 29.8 Å². The van der Waals surface area contributed by atoms with Gasteiger partial charge in [0.1, 0.15) is 12.4 Å². The van der Waals surface area contributed by atoms with Crippen LogP contribution in [0.1, 0.15) is 5.56 Å². The maximum atomic E-state index is 12.8. The molecule has 1 amide bonds. The predicted octanol–water partition coefficient (Wildman–Crippen LogP) is 2.43. The SMILES string of the molecule is Cn1c(=NCC(=O)NN=Cc2ccc(F)cc2)sc2ccccc21. The maximum Gasteiger partial charge on any atom is 0.261 e. The highest BCUT2D eigenvalue weighted by molar-refractivity contribution is 7.16. The quantitative estimate of drug-likeness (QED) is 0.574. The summed E-state index contributed by atoms with van der Waals surface area (Å²) >= 11 is 1.53. The molecule has 0 aliphatic rings. The summed E-state index contributed by atoms with van der Waals surface area (Å²) in [5.41, 5.74) is 4.19. The van der Waals surface area contributed by atoms with Crippen LogP contribution in [0.25, 0.3) is 10.2 Å². The van der Waals surface area contributed by atoms with Gasteiger partial charge < -0.3 is 4.57 Å². The van der Waals surface area contributed by atoms with E-state index in [4.69, 9.17) is 0 Å². The Morgan fingerprint density at radius 1 is 1.25 bits per heavy atom. The van der Waals surface area contributed by atoms with Crippen LogP contribution in [0.4, 0.5) is 4.39 Å². The molecule has 3 rings (SSSR count). The normalized spacial score (nSPS) is 12.2. The second kappa shape index (κ2) is 7.18. The van der Waals surface area contributed by atoms with Gasteiger partial charge in [-0.3, -0.25) is 4.79 Å². The third kappa shape index (κ3) is 3.75. The van der Waals surface area contributed by atoms with Crippen LogP contribution in [0.15, 0.2) is 58.6 Å². The summed E-state index contributed by atoms with van der Waals surface area (Å²) in [4.78, 5) is 16.9. The van der Waals surface area contributed by atoms with Gasteiger partial charge in [0.15, 0.2) is 4.80 Å². The number of hydrazone groups is 1. The monoisotopic (exact) mass is 342 g/mol. The Balaban J connectivity index is 1.64. The first-order chi connectivity index (χ1) is 11.6. The van der Waals surface area contributed by atoms with Gasteiger partial charge in [-0.25, -0.2) is 14.8 Å². The molecule has 1 aromatic heterocycles. The van der Waals surface area contributed by atoms with Crippen molar-refractivity contribution < 1.29 is 9.18 Å². The number of aromatic nitrogens is 1. The molecule has 0 spiro atoms. The predicted molar refractivity (Wildman–Crippen MR) is 93.4 cm³/mol. The summed E-state index contributed by atoms with van der Waals surface area (Å²) in [7, 11) is 1.92. The Kier molecular flexibility index (Phi) is 4.81. The lowest BCUT2D eigenvalue weighted by atomic mass is 10.2. The van der Waals surface area contributed by atoms with E-state index in [9.17, 15) is 9.18 Å². The zero-order valence-electron chi connectivity index (χ0n) is 12.9. The fraction of sp³-hybridized carbons (Fsp3) is 0.118. The first kappa shape index (κ1) is 16.1. The number of nitrogens with one attached hydrogen (secondary N) is 1. The highest BCUT2D eigenvalue weighted by atomic mass is 32.1. The molecule has 24 heavy (non-hydrogen) atoms. The largest absolute Gasteiger partial charge is 0.320 e. The van der Waals surface area contributed by atoms with E-state index < -0.39 is 0 Å². The number of carbonyl (C=O) groups is 1. The second-order valence-electron chi connectivity index (χ2n) is 5.07. The van der Waals surface area contributed by atoms with Crippen molar-refractivity contribution in [1.82, 2.24) is 9.99 Å². The van der Waals surface area contributed by atoms with Gasteiger partial charge >= 0.3 is 0 Å². The van der Waals surface area contributed by atoms with Crippen molar-refractivity contribution >= 4 is 33.7 Å². The second-order valence-corrected chi connectivity index (χ2v) is 6.08. The van der Waals surface area contributed by atoms with Gasteiger partial charge in [-0.1, -0.05) is 35.6 Å². The van der Waals surface area contributed by atoms with E-state index in [2.05, 4.69) is 15.5 Å². The Hall–Kier alpha value is -2.80. The summed E-state index contributed by atoms with van der Waals surface area (Å²) < 4.78 is 15.9. The van der Waals surface area contributed by atoms with Gasteiger partial charge in [0.05, 0.1) is 16.4 Å². The van der Waals surface area contributed by atoms with Gasteiger partial charge in [0.2, 0.25) is 0 Å². The van der Waals surface area contributed by atoms with Crippen molar-refractivity contribution in [3.8, 4) is 0 Å². The van der Waals surface area contributed by atoms with Crippen molar-refractivity contribution in [2.24, 2.45) is 17.1 Å². The number of carbonyl (C=O) groups excluding carboxylic acids is 1. The minimum atomic E-state index is -0.314. The summed E-state index contributed by atoms with van der Waals surface area (Å²) in [6.07, 6.45) is 1.46. The van der Waals surface area contributed by atoms with Crippen molar-refractivity contribution in [1.29, 1.82) is 0 Å². The van der Waals surface area contributed by atoms with Crippen LogP contribution >= 0.6 is 11.3 Å². The number of amides is 1. The standard InChI is InChI=1S/C17H15FN4OS/c1-22-14-4-2-3-5-15(14)24-17(22)19-11-16(23)21-20-10-12-6-8-13(18)9-7-12/h2-10H,11H2,1H3,(H,21,23). The summed E-state index contributed by atoms with van der Waals surface area (Å²) in [5, 5.41) is 3.84. The Labute approximate surface area is 141 Å². The minimum absolute atomic E-state index is 0.0125. The third-order valence-electron chi connectivity index (χ3n) is 3.35. The van der Waals surface area contributed by atoms with E-state index in [0.717, 1.165) is 15.0 Å². The fourth-order valence-electron chi connectivity index (χ4n) is 2.13. The van der Waals surface area contributed by atoms with Crippen LogP contribution in [0.5, 0.6) is 0 Å². The van der Waals surface area contributed by atoms with Crippen molar-refractivity contribution in [2.45, 2.75) is 0 Å². The number of hydrogen-bond donors (Lipinski definition) is 1. The molecule has 0 aliphatic carbocycles. The van der Waals surface area contributed by atoms with Crippen LogP contribution in [-0.4, -0.2) is 23.2 Å². The number of para-hydroxylation sites is 1. The lowest BCUT2D eigenvalue weighted by Gasteiger charge is -1.96. The lowest BCUT2D eigenvalue weighted by Crippen LogP contribution is -2.22. The summed E-state index contributed by atoms with van der Waals surface area (Å²) in [5.74, 6) is -0.628. The van der Waals surface area contributed by atoms with E-state index >= 15 is 0 Å². The number of rotatable bonds is 4. The van der Waals surface area contributed by atoms with E-state index in [-0.39, 0.29) is 18.3 Å². The molecule has 1 heterocycles. The Morgan fingerprint density at radius 3 is 2.75 bits per heavy atom. The average Bonchev–Trinajstić information content (AvgIpc) is 2.91. The molecule has 7 heteroatoms. The van der Waals surface area contributed by atoms with Crippen LogP contribution in [0, 0.1) is 5.82 Å².